The molecule has 1 N–H and O–H groups in total. The zero-order valence-electron chi connectivity index (χ0n) is 12.8. The number of hydrogen-bond donors (Lipinski definition) is 1. The molecule has 2 rings (SSSR count). The highest BCUT2D eigenvalue weighted by atomic mass is 16.3. The SMILES string of the molecule is CCC(CC)(C(O)c1cnc2ccccc2c1)N(C)C. The standard InChI is InChI=1S/C17H24N2O/c1-5-17(6-2,19(3)4)16(20)14-11-13-9-7-8-10-15(13)18-12-14/h7-12,16,20H,5-6H2,1-4H3. The van der Waals surface area contributed by atoms with Gasteiger partial charge in [-0.2, -0.15) is 0 Å². The van der Waals surface area contributed by atoms with Gasteiger partial charge in [-0.25, -0.2) is 0 Å². The number of para-hydroxylation sites is 1. The molecule has 1 aromatic carbocycles. The lowest BCUT2D eigenvalue weighted by molar-refractivity contribution is -0.0150. The van der Waals surface area contributed by atoms with Crippen molar-refractivity contribution < 1.29 is 5.11 Å². The fourth-order valence-corrected chi connectivity index (χ4v) is 3.06. The second kappa shape index (κ2) is 5.90. The molecule has 0 saturated carbocycles. The van der Waals surface area contributed by atoms with Crippen LogP contribution in [-0.4, -0.2) is 34.6 Å². The Morgan fingerprint density at radius 3 is 2.45 bits per heavy atom. The van der Waals surface area contributed by atoms with Crippen LogP contribution < -0.4 is 0 Å². The van der Waals surface area contributed by atoms with Crippen molar-refractivity contribution in [2.24, 2.45) is 0 Å². The summed E-state index contributed by atoms with van der Waals surface area (Å²) in [7, 11) is 4.06. The number of likely N-dealkylation sites (N-methyl/N-ethyl adjacent to an activating group) is 1. The van der Waals surface area contributed by atoms with E-state index < -0.39 is 6.10 Å². The molecule has 1 unspecified atom stereocenters. The Morgan fingerprint density at radius 1 is 1.20 bits per heavy atom. The lowest BCUT2D eigenvalue weighted by Gasteiger charge is -2.42. The van der Waals surface area contributed by atoms with Gasteiger partial charge in [0.15, 0.2) is 0 Å². The summed E-state index contributed by atoms with van der Waals surface area (Å²) in [4.78, 5) is 6.60. The number of benzene rings is 1. The summed E-state index contributed by atoms with van der Waals surface area (Å²) in [5, 5.41) is 12.0. The van der Waals surface area contributed by atoms with Crippen molar-refractivity contribution in [2.45, 2.75) is 38.3 Å². The van der Waals surface area contributed by atoms with Crippen molar-refractivity contribution in [1.29, 1.82) is 0 Å². The predicted molar refractivity (Wildman–Crippen MR) is 83.7 cm³/mol. The van der Waals surface area contributed by atoms with Crippen LogP contribution in [-0.2, 0) is 0 Å². The molecular formula is C17H24N2O. The first kappa shape index (κ1) is 14.9. The zero-order valence-corrected chi connectivity index (χ0v) is 12.8. The Bertz CT molecular complexity index is 576. The van der Waals surface area contributed by atoms with Gasteiger partial charge in [-0.3, -0.25) is 4.98 Å². The van der Waals surface area contributed by atoms with Gasteiger partial charge in [-0.1, -0.05) is 32.0 Å². The fourth-order valence-electron chi connectivity index (χ4n) is 3.06. The Kier molecular flexibility index (Phi) is 4.41. The number of aliphatic hydroxyl groups is 1. The summed E-state index contributed by atoms with van der Waals surface area (Å²) in [6, 6.07) is 10.1. The molecule has 0 radical (unpaired) electrons. The molecule has 3 nitrogen and oxygen atoms in total. The first-order valence-corrected chi connectivity index (χ1v) is 7.25. The van der Waals surface area contributed by atoms with E-state index in [1.807, 2.05) is 38.4 Å². The lowest BCUT2D eigenvalue weighted by atomic mass is 9.82. The second-order valence-electron chi connectivity index (χ2n) is 5.57. The molecule has 1 heterocycles. The lowest BCUT2D eigenvalue weighted by Crippen LogP contribution is -2.48. The normalized spacial score (nSPS) is 13.9. The van der Waals surface area contributed by atoms with Gasteiger partial charge in [0.1, 0.15) is 0 Å². The summed E-state index contributed by atoms with van der Waals surface area (Å²) in [6.45, 7) is 4.25. The smallest absolute Gasteiger partial charge is 0.0988 e. The van der Waals surface area contributed by atoms with Crippen molar-refractivity contribution >= 4 is 10.9 Å². The summed E-state index contributed by atoms with van der Waals surface area (Å²) in [5.74, 6) is 0. The quantitative estimate of drug-likeness (QED) is 0.906. The van der Waals surface area contributed by atoms with E-state index in [2.05, 4.69) is 29.8 Å². The molecule has 20 heavy (non-hydrogen) atoms. The third-order valence-electron chi connectivity index (χ3n) is 4.55. The first-order valence-electron chi connectivity index (χ1n) is 7.25. The monoisotopic (exact) mass is 272 g/mol. The van der Waals surface area contributed by atoms with Crippen LogP contribution in [0.3, 0.4) is 0 Å². The molecule has 1 atom stereocenters. The summed E-state index contributed by atoms with van der Waals surface area (Å²) in [5.41, 5.74) is 1.61. The van der Waals surface area contributed by atoms with Crippen LogP contribution in [0.25, 0.3) is 10.9 Å². The van der Waals surface area contributed by atoms with E-state index >= 15 is 0 Å². The average molecular weight is 272 g/mol. The Hall–Kier alpha value is -1.45. The fraction of sp³-hybridized carbons (Fsp3) is 0.471. The van der Waals surface area contributed by atoms with E-state index in [1.54, 1.807) is 6.20 Å². The maximum Gasteiger partial charge on any atom is 0.0988 e. The Balaban J connectivity index is 2.46. The second-order valence-corrected chi connectivity index (χ2v) is 5.57. The molecule has 0 aliphatic carbocycles. The number of aromatic nitrogens is 1. The minimum absolute atomic E-state index is 0.246. The maximum absolute atomic E-state index is 10.9. The van der Waals surface area contributed by atoms with Gasteiger partial charge in [0.25, 0.3) is 0 Å². The van der Waals surface area contributed by atoms with E-state index in [1.165, 1.54) is 0 Å². The molecule has 0 fully saturated rings. The van der Waals surface area contributed by atoms with Crippen LogP contribution in [0, 0.1) is 0 Å². The van der Waals surface area contributed by atoms with Crippen molar-refractivity contribution in [3.8, 4) is 0 Å². The molecule has 0 saturated heterocycles. The minimum Gasteiger partial charge on any atom is -0.386 e. The number of pyridine rings is 1. The number of aliphatic hydroxyl groups excluding tert-OH is 1. The van der Waals surface area contributed by atoms with Crippen molar-refractivity contribution in [3.63, 3.8) is 0 Å². The largest absolute Gasteiger partial charge is 0.386 e. The molecule has 0 amide bonds. The van der Waals surface area contributed by atoms with E-state index in [0.717, 1.165) is 29.3 Å². The number of nitrogens with zero attached hydrogens (tertiary/aromatic N) is 2. The van der Waals surface area contributed by atoms with Crippen LogP contribution in [0.5, 0.6) is 0 Å². The van der Waals surface area contributed by atoms with Crippen LogP contribution in [0.1, 0.15) is 38.4 Å². The molecule has 3 heteroatoms. The molecular weight excluding hydrogens is 248 g/mol. The Labute approximate surface area is 121 Å². The number of hydrogen-bond acceptors (Lipinski definition) is 3. The zero-order chi connectivity index (χ0) is 14.8. The van der Waals surface area contributed by atoms with Gasteiger partial charge in [0, 0.05) is 17.1 Å². The van der Waals surface area contributed by atoms with Gasteiger partial charge in [-0.15, -0.1) is 0 Å². The summed E-state index contributed by atoms with van der Waals surface area (Å²) < 4.78 is 0. The number of rotatable bonds is 5. The third kappa shape index (κ3) is 2.43. The Morgan fingerprint density at radius 2 is 1.85 bits per heavy atom. The first-order chi connectivity index (χ1) is 9.55. The average Bonchev–Trinajstić information content (AvgIpc) is 2.48. The highest BCUT2D eigenvalue weighted by Gasteiger charge is 2.37. The van der Waals surface area contributed by atoms with Crippen LogP contribution in [0.2, 0.25) is 0 Å². The molecule has 108 valence electrons. The third-order valence-corrected chi connectivity index (χ3v) is 4.55. The van der Waals surface area contributed by atoms with Gasteiger partial charge < -0.3 is 10.0 Å². The summed E-state index contributed by atoms with van der Waals surface area (Å²) in [6.07, 6.45) is 3.05. The van der Waals surface area contributed by atoms with Gasteiger partial charge >= 0.3 is 0 Å². The van der Waals surface area contributed by atoms with Crippen LogP contribution in [0.4, 0.5) is 0 Å². The molecule has 0 aliphatic rings. The number of fused-ring (bicyclic) bond motifs is 1. The van der Waals surface area contributed by atoms with Crippen molar-refractivity contribution in [1.82, 2.24) is 9.88 Å². The minimum atomic E-state index is -0.537. The van der Waals surface area contributed by atoms with Gasteiger partial charge in [0.2, 0.25) is 0 Å². The van der Waals surface area contributed by atoms with Crippen LogP contribution in [0.15, 0.2) is 36.5 Å². The van der Waals surface area contributed by atoms with Crippen molar-refractivity contribution in [2.75, 3.05) is 14.1 Å². The van der Waals surface area contributed by atoms with Gasteiger partial charge in [-0.05, 0) is 39.1 Å². The molecule has 0 bridgehead atoms. The van der Waals surface area contributed by atoms with Crippen molar-refractivity contribution in [3.05, 3.63) is 42.1 Å². The molecule has 0 aliphatic heterocycles. The van der Waals surface area contributed by atoms with E-state index in [9.17, 15) is 5.11 Å². The molecule has 2 aromatic rings. The van der Waals surface area contributed by atoms with E-state index in [0.29, 0.717) is 0 Å². The molecule has 1 aromatic heterocycles. The predicted octanol–water partition coefficient (Wildman–Crippen LogP) is 3.39. The molecule has 0 spiro atoms. The highest BCUT2D eigenvalue weighted by molar-refractivity contribution is 5.78. The van der Waals surface area contributed by atoms with Gasteiger partial charge in [0.05, 0.1) is 17.2 Å². The topological polar surface area (TPSA) is 36.4 Å². The maximum atomic E-state index is 10.9. The van der Waals surface area contributed by atoms with Crippen LogP contribution >= 0.6 is 0 Å². The highest BCUT2D eigenvalue weighted by Crippen LogP contribution is 2.36. The van der Waals surface area contributed by atoms with E-state index in [-0.39, 0.29) is 5.54 Å². The summed E-state index contributed by atoms with van der Waals surface area (Å²) >= 11 is 0. The van der Waals surface area contributed by atoms with E-state index in [4.69, 9.17) is 0 Å².